The minimum atomic E-state index is -4.59. The highest BCUT2D eigenvalue weighted by molar-refractivity contribution is 5.90. The Morgan fingerprint density at radius 1 is 1.20 bits per heavy atom. The van der Waals surface area contributed by atoms with Crippen LogP contribution in [-0.2, 0) is 4.79 Å². The Morgan fingerprint density at radius 2 is 1.88 bits per heavy atom. The van der Waals surface area contributed by atoms with E-state index in [0.29, 0.717) is 5.39 Å². The zero-order valence-corrected chi connectivity index (χ0v) is 14.1. The number of benzene rings is 2. The Balaban J connectivity index is 2.22. The molecule has 3 rings (SSSR count). The molecule has 1 saturated heterocycles. The number of nitrogens with one attached hydrogen (secondary N) is 1. The van der Waals surface area contributed by atoms with Gasteiger partial charge in [-0.25, -0.2) is 0 Å². The van der Waals surface area contributed by atoms with E-state index in [1.807, 2.05) is 12.1 Å². The average molecular weight is 352 g/mol. The van der Waals surface area contributed by atoms with Crippen LogP contribution in [0.3, 0.4) is 0 Å². The van der Waals surface area contributed by atoms with Gasteiger partial charge in [0.05, 0.1) is 7.11 Å². The second-order valence-corrected chi connectivity index (χ2v) is 6.75. The maximum Gasteiger partial charge on any atom is 0.410 e. The molecule has 1 aliphatic heterocycles. The molecular formula is C18H19F3N2O2. The van der Waals surface area contributed by atoms with Gasteiger partial charge in [0.2, 0.25) is 5.91 Å². The molecule has 0 unspecified atom stereocenters. The van der Waals surface area contributed by atoms with Crippen LogP contribution in [-0.4, -0.2) is 29.7 Å². The third kappa shape index (κ3) is 3.04. The van der Waals surface area contributed by atoms with Gasteiger partial charge in [0.1, 0.15) is 5.75 Å². The second kappa shape index (κ2) is 5.91. The number of rotatable bonds is 3. The number of hydrogen-bond acceptors (Lipinski definition) is 3. The van der Waals surface area contributed by atoms with Gasteiger partial charge in [0.15, 0.2) is 6.04 Å². The van der Waals surface area contributed by atoms with E-state index in [1.54, 1.807) is 32.0 Å². The molecule has 2 aromatic carbocycles. The van der Waals surface area contributed by atoms with Crippen molar-refractivity contribution in [1.82, 2.24) is 10.4 Å². The number of alkyl halides is 3. The molecule has 1 fully saturated rings. The fraction of sp³-hybridized carbons (Fsp3) is 0.389. The lowest BCUT2D eigenvalue weighted by Crippen LogP contribution is -2.51. The second-order valence-electron chi connectivity index (χ2n) is 6.75. The molecule has 0 spiro atoms. The molecule has 0 saturated carbocycles. The van der Waals surface area contributed by atoms with Gasteiger partial charge in [-0.1, -0.05) is 36.4 Å². The predicted octanol–water partition coefficient (Wildman–Crippen LogP) is 3.97. The molecule has 1 aliphatic rings. The number of ether oxygens (including phenoxy) is 1. The molecule has 4 nitrogen and oxygen atoms in total. The zero-order valence-electron chi connectivity index (χ0n) is 14.1. The van der Waals surface area contributed by atoms with Crippen molar-refractivity contribution in [3.8, 4) is 5.75 Å². The van der Waals surface area contributed by atoms with E-state index in [0.717, 1.165) is 10.4 Å². The summed E-state index contributed by atoms with van der Waals surface area (Å²) in [7, 11) is 1.35. The summed E-state index contributed by atoms with van der Waals surface area (Å²) in [6.07, 6.45) is -4.60. The van der Waals surface area contributed by atoms with Gasteiger partial charge in [-0.2, -0.15) is 18.2 Å². The van der Waals surface area contributed by atoms with Gasteiger partial charge < -0.3 is 4.74 Å². The molecule has 134 valence electrons. The van der Waals surface area contributed by atoms with Crippen molar-refractivity contribution in [3.63, 3.8) is 0 Å². The Kier molecular flexibility index (Phi) is 4.15. The van der Waals surface area contributed by atoms with Crippen molar-refractivity contribution in [2.75, 3.05) is 7.11 Å². The highest BCUT2D eigenvalue weighted by Crippen LogP contribution is 2.47. The van der Waals surface area contributed by atoms with E-state index in [2.05, 4.69) is 5.43 Å². The standard InChI is InChI=1S/C18H19F3N2O2/c1-17(2)10-14(24)22-23(17)16(18(19,20)21)13-9-8-11-6-4-5-7-12(11)15(13)25-3/h4-9,16H,10H2,1-3H3,(H,22,24)/t16-/m0/s1. The van der Waals surface area contributed by atoms with Gasteiger partial charge in [-0.15, -0.1) is 0 Å². The summed E-state index contributed by atoms with van der Waals surface area (Å²) in [5.41, 5.74) is 1.37. The molecule has 0 radical (unpaired) electrons. The van der Waals surface area contributed by atoms with E-state index >= 15 is 0 Å². The van der Waals surface area contributed by atoms with Crippen LogP contribution in [0.2, 0.25) is 0 Å². The van der Waals surface area contributed by atoms with E-state index in [4.69, 9.17) is 4.74 Å². The fourth-order valence-corrected chi connectivity index (χ4v) is 3.38. The molecule has 1 N–H and O–H groups in total. The summed E-state index contributed by atoms with van der Waals surface area (Å²) in [6.45, 7) is 3.22. The van der Waals surface area contributed by atoms with Crippen molar-refractivity contribution in [3.05, 3.63) is 42.0 Å². The fourth-order valence-electron chi connectivity index (χ4n) is 3.38. The van der Waals surface area contributed by atoms with Gasteiger partial charge in [-0.3, -0.25) is 10.2 Å². The first-order valence-corrected chi connectivity index (χ1v) is 7.86. The molecule has 1 heterocycles. The summed E-state index contributed by atoms with van der Waals surface area (Å²) in [4.78, 5) is 11.7. The molecule has 2 aromatic rings. The highest BCUT2D eigenvalue weighted by Gasteiger charge is 2.53. The van der Waals surface area contributed by atoms with Crippen molar-refractivity contribution in [2.45, 2.75) is 38.0 Å². The number of carbonyl (C=O) groups is 1. The normalized spacial score (nSPS) is 19.0. The number of fused-ring (bicyclic) bond motifs is 1. The lowest BCUT2D eigenvalue weighted by atomic mass is 9.94. The Morgan fingerprint density at radius 3 is 2.44 bits per heavy atom. The molecule has 1 amide bonds. The first-order valence-electron chi connectivity index (χ1n) is 7.86. The monoisotopic (exact) mass is 352 g/mol. The van der Waals surface area contributed by atoms with E-state index < -0.39 is 23.7 Å². The van der Waals surface area contributed by atoms with E-state index in [1.165, 1.54) is 13.2 Å². The Hall–Kier alpha value is -2.28. The molecule has 0 bridgehead atoms. The minimum absolute atomic E-state index is 0.00449. The average Bonchev–Trinajstić information content (AvgIpc) is 2.78. The number of hydrogen-bond donors (Lipinski definition) is 1. The van der Waals surface area contributed by atoms with Crippen molar-refractivity contribution in [1.29, 1.82) is 0 Å². The molecule has 25 heavy (non-hydrogen) atoms. The SMILES string of the molecule is COc1c([C@H](N2NC(=O)CC2(C)C)C(F)(F)F)ccc2ccccc12. The number of methoxy groups -OCH3 is 1. The summed E-state index contributed by atoms with van der Waals surface area (Å²) in [5.74, 6) is -0.267. The van der Waals surface area contributed by atoms with Crippen molar-refractivity contribution < 1.29 is 22.7 Å². The van der Waals surface area contributed by atoms with Crippen LogP contribution in [0.4, 0.5) is 13.2 Å². The van der Waals surface area contributed by atoms with E-state index in [-0.39, 0.29) is 17.7 Å². The smallest absolute Gasteiger partial charge is 0.410 e. The lowest BCUT2D eigenvalue weighted by molar-refractivity contribution is -0.204. The molecular weight excluding hydrogens is 333 g/mol. The first-order chi connectivity index (χ1) is 11.6. The molecule has 1 atom stereocenters. The molecule has 0 aliphatic carbocycles. The van der Waals surface area contributed by atoms with Crippen molar-refractivity contribution >= 4 is 16.7 Å². The number of nitrogens with zero attached hydrogens (tertiary/aromatic N) is 1. The number of carbonyl (C=O) groups excluding carboxylic acids is 1. The predicted molar refractivity (Wildman–Crippen MR) is 88.0 cm³/mol. The third-order valence-corrected chi connectivity index (χ3v) is 4.47. The zero-order chi connectivity index (χ0) is 18.4. The van der Waals surface area contributed by atoms with Gasteiger partial charge in [0, 0.05) is 22.9 Å². The van der Waals surface area contributed by atoms with Crippen LogP contribution in [0.15, 0.2) is 36.4 Å². The van der Waals surface area contributed by atoms with Crippen LogP contribution in [0, 0.1) is 0 Å². The summed E-state index contributed by atoms with van der Waals surface area (Å²) >= 11 is 0. The highest BCUT2D eigenvalue weighted by atomic mass is 19.4. The van der Waals surface area contributed by atoms with Crippen molar-refractivity contribution in [2.24, 2.45) is 0 Å². The lowest BCUT2D eigenvalue weighted by Gasteiger charge is -2.38. The Bertz CT molecular complexity index is 818. The maximum absolute atomic E-state index is 14.0. The summed E-state index contributed by atoms with van der Waals surface area (Å²) in [6, 6.07) is 8.14. The Labute approximate surface area is 143 Å². The summed E-state index contributed by atoms with van der Waals surface area (Å²) < 4.78 is 47.3. The number of hydrazine groups is 1. The van der Waals surface area contributed by atoms with Crippen LogP contribution < -0.4 is 10.2 Å². The molecule has 7 heteroatoms. The summed E-state index contributed by atoms with van der Waals surface area (Å²) in [5, 5.41) is 2.37. The van der Waals surface area contributed by atoms with Gasteiger partial charge >= 0.3 is 6.18 Å². The van der Waals surface area contributed by atoms with Crippen LogP contribution >= 0.6 is 0 Å². The van der Waals surface area contributed by atoms with Crippen LogP contribution in [0.25, 0.3) is 10.8 Å². The maximum atomic E-state index is 14.0. The molecule has 0 aromatic heterocycles. The van der Waals surface area contributed by atoms with Gasteiger partial charge in [0.25, 0.3) is 0 Å². The number of halogens is 3. The third-order valence-electron chi connectivity index (χ3n) is 4.47. The van der Waals surface area contributed by atoms with Crippen LogP contribution in [0.1, 0.15) is 31.9 Å². The van der Waals surface area contributed by atoms with Gasteiger partial charge in [-0.05, 0) is 19.2 Å². The van der Waals surface area contributed by atoms with Crippen LogP contribution in [0.5, 0.6) is 5.75 Å². The first kappa shape index (κ1) is 17.5. The van der Waals surface area contributed by atoms with E-state index in [9.17, 15) is 18.0 Å². The number of amides is 1. The largest absolute Gasteiger partial charge is 0.496 e. The topological polar surface area (TPSA) is 41.6 Å². The quantitative estimate of drug-likeness (QED) is 0.909. The minimum Gasteiger partial charge on any atom is -0.496 e.